The smallest absolute Gasteiger partial charge is 0.500 e. The van der Waals surface area contributed by atoms with E-state index >= 15 is 0 Å². The number of benzene rings is 1. The van der Waals surface area contributed by atoms with Crippen molar-refractivity contribution in [1.29, 1.82) is 0 Å². The van der Waals surface area contributed by atoms with Gasteiger partial charge in [0.2, 0.25) is 0 Å². The van der Waals surface area contributed by atoms with Gasteiger partial charge in [-0.2, -0.15) is 13.2 Å². The summed E-state index contributed by atoms with van der Waals surface area (Å²) < 4.78 is 55.8. The maximum absolute atomic E-state index is 12.8. The molecule has 2 rings (SSSR count). The molecule has 0 saturated heterocycles. The summed E-state index contributed by atoms with van der Waals surface area (Å²) in [6.45, 7) is 6.42. The maximum Gasteiger partial charge on any atom is 0.574 e. The van der Waals surface area contributed by atoms with Crippen LogP contribution in [0.15, 0.2) is 18.2 Å². The van der Waals surface area contributed by atoms with Crippen molar-refractivity contribution in [1.82, 2.24) is 0 Å². The Balaban J connectivity index is 2.43. The van der Waals surface area contributed by atoms with Crippen LogP contribution in [-0.4, -0.2) is 22.0 Å². The van der Waals surface area contributed by atoms with E-state index in [1.165, 1.54) is 6.07 Å². The molecule has 1 atom stereocenters. The van der Waals surface area contributed by atoms with Gasteiger partial charge in [-0.1, -0.05) is 13.0 Å². The molecule has 0 radical (unpaired) electrons. The third-order valence-electron chi connectivity index (χ3n) is 3.49. The molecule has 1 heterocycles. The zero-order chi connectivity index (χ0) is 15.7. The van der Waals surface area contributed by atoms with Crippen molar-refractivity contribution in [2.75, 3.05) is 13.2 Å². The van der Waals surface area contributed by atoms with Crippen molar-refractivity contribution in [3.05, 3.63) is 29.3 Å². The van der Waals surface area contributed by atoms with Gasteiger partial charge >= 0.3 is 15.0 Å². The molecular formula is C14H19F3O3Si. The molecule has 1 aromatic carbocycles. The van der Waals surface area contributed by atoms with E-state index in [9.17, 15) is 13.2 Å². The highest BCUT2D eigenvalue weighted by Gasteiger charge is 2.57. The predicted molar refractivity (Wildman–Crippen MR) is 74.1 cm³/mol. The molecular weight excluding hydrogens is 301 g/mol. The Hall–Kier alpha value is -1.05. The highest BCUT2D eigenvalue weighted by Crippen LogP contribution is 2.46. The van der Waals surface area contributed by atoms with Crippen molar-refractivity contribution in [3.8, 4) is 5.75 Å². The molecule has 7 heteroatoms. The number of rotatable bonds is 5. The number of hydrogen-bond acceptors (Lipinski definition) is 3. The molecule has 0 N–H and O–H groups in total. The van der Waals surface area contributed by atoms with Crippen LogP contribution >= 0.6 is 0 Å². The van der Waals surface area contributed by atoms with Crippen molar-refractivity contribution in [2.45, 2.75) is 38.9 Å². The Morgan fingerprint density at radius 1 is 1.14 bits per heavy atom. The molecule has 1 unspecified atom stereocenters. The van der Waals surface area contributed by atoms with Gasteiger partial charge in [0.1, 0.15) is 5.75 Å². The summed E-state index contributed by atoms with van der Waals surface area (Å²) in [5, 5.41) is 0. The normalized spacial score (nSPS) is 20.2. The number of alkyl halides is 3. The van der Waals surface area contributed by atoms with Gasteiger partial charge in [-0.3, -0.25) is 0 Å². The summed E-state index contributed by atoms with van der Waals surface area (Å²) in [6.07, 6.45) is -3.69. The molecule has 0 amide bonds. The Bertz CT molecular complexity index is 499. The van der Waals surface area contributed by atoms with Crippen LogP contribution in [0.1, 0.15) is 43.9 Å². The lowest BCUT2D eigenvalue weighted by atomic mass is 10.1. The van der Waals surface area contributed by atoms with Crippen LogP contribution in [0.2, 0.25) is 0 Å². The minimum atomic E-state index is -4.38. The quantitative estimate of drug-likeness (QED) is 0.763. The molecule has 0 saturated carbocycles. The third-order valence-corrected chi connectivity index (χ3v) is 6.95. The lowest BCUT2D eigenvalue weighted by Gasteiger charge is -2.28. The SMILES string of the molecule is CCO[Si]1(OCC)Oc2cc(C(F)(F)F)ccc2C1CC. The van der Waals surface area contributed by atoms with E-state index in [1.807, 2.05) is 20.8 Å². The van der Waals surface area contributed by atoms with E-state index in [1.54, 1.807) is 0 Å². The predicted octanol–water partition coefficient (Wildman–Crippen LogP) is 4.14. The summed E-state index contributed by atoms with van der Waals surface area (Å²) in [4.78, 5) is 0. The van der Waals surface area contributed by atoms with Gasteiger partial charge in [0.15, 0.2) is 0 Å². The maximum atomic E-state index is 12.8. The topological polar surface area (TPSA) is 27.7 Å². The highest BCUT2D eigenvalue weighted by molar-refractivity contribution is 6.64. The summed E-state index contributed by atoms with van der Waals surface area (Å²) in [7, 11) is -3.02. The van der Waals surface area contributed by atoms with Crippen molar-refractivity contribution < 1.29 is 26.4 Å². The molecule has 118 valence electrons. The minimum absolute atomic E-state index is 0.116. The standard InChI is InChI=1S/C14H19F3O3Si/c1-4-13-11-8-7-10(14(15,16)17)9-12(11)20-21(13,18-5-2)19-6-3/h7-9,13H,4-6H2,1-3H3. The van der Waals surface area contributed by atoms with Crippen LogP contribution in [-0.2, 0) is 15.0 Å². The van der Waals surface area contributed by atoms with E-state index in [2.05, 4.69) is 0 Å². The molecule has 0 aromatic heterocycles. The number of halogens is 3. The molecule has 1 aliphatic heterocycles. The van der Waals surface area contributed by atoms with E-state index < -0.39 is 20.5 Å². The minimum Gasteiger partial charge on any atom is -0.500 e. The van der Waals surface area contributed by atoms with Gasteiger partial charge in [-0.15, -0.1) is 0 Å². The van der Waals surface area contributed by atoms with Gasteiger partial charge in [0.05, 0.1) is 11.1 Å². The van der Waals surface area contributed by atoms with Gasteiger partial charge in [-0.05, 0) is 32.4 Å². The molecule has 0 fully saturated rings. The lowest BCUT2D eigenvalue weighted by molar-refractivity contribution is -0.137. The van der Waals surface area contributed by atoms with E-state index in [0.29, 0.717) is 19.6 Å². The van der Waals surface area contributed by atoms with Crippen molar-refractivity contribution in [2.24, 2.45) is 0 Å². The average molecular weight is 320 g/mol. The second kappa shape index (κ2) is 5.98. The van der Waals surface area contributed by atoms with Crippen LogP contribution in [0.3, 0.4) is 0 Å². The molecule has 1 aromatic rings. The van der Waals surface area contributed by atoms with Gasteiger partial charge in [0, 0.05) is 18.8 Å². The fourth-order valence-corrected chi connectivity index (χ4v) is 5.83. The van der Waals surface area contributed by atoms with Crippen LogP contribution in [0.4, 0.5) is 13.2 Å². The summed E-state index contributed by atoms with van der Waals surface area (Å²) >= 11 is 0. The molecule has 0 bridgehead atoms. The van der Waals surface area contributed by atoms with Gasteiger partial charge in [-0.25, -0.2) is 0 Å². The first kappa shape index (κ1) is 16.3. The van der Waals surface area contributed by atoms with Gasteiger partial charge < -0.3 is 13.3 Å². The van der Waals surface area contributed by atoms with Crippen LogP contribution in [0.5, 0.6) is 5.75 Å². The molecule has 0 aliphatic carbocycles. The first-order chi connectivity index (χ1) is 9.88. The Morgan fingerprint density at radius 3 is 2.24 bits per heavy atom. The average Bonchev–Trinajstić information content (AvgIpc) is 2.70. The monoisotopic (exact) mass is 320 g/mol. The van der Waals surface area contributed by atoms with E-state index in [-0.39, 0.29) is 11.3 Å². The fraction of sp³-hybridized carbons (Fsp3) is 0.571. The van der Waals surface area contributed by atoms with Crippen molar-refractivity contribution >= 4 is 8.80 Å². The number of hydrogen-bond donors (Lipinski definition) is 0. The zero-order valence-corrected chi connectivity index (χ0v) is 13.3. The van der Waals surface area contributed by atoms with Crippen LogP contribution < -0.4 is 4.43 Å². The molecule has 0 spiro atoms. The Kier molecular flexibility index (Phi) is 4.65. The second-order valence-electron chi connectivity index (χ2n) is 4.78. The second-order valence-corrected chi connectivity index (χ2v) is 7.47. The number of fused-ring (bicyclic) bond motifs is 1. The zero-order valence-electron chi connectivity index (χ0n) is 12.3. The van der Waals surface area contributed by atoms with Gasteiger partial charge in [0.25, 0.3) is 0 Å². The fourth-order valence-electron chi connectivity index (χ4n) is 2.68. The Labute approximate surface area is 123 Å². The van der Waals surface area contributed by atoms with Crippen LogP contribution in [0.25, 0.3) is 0 Å². The summed E-state index contributed by atoms with van der Waals surface area (Å²) in [5.41, 5.74) is -0.0809. The van der Waals surface area contributed by atoms with Crippen LogP contribution in [0, 0.1) is 0 Å². The molecule has 3 nitrogen and oxygen atoms in total. The summed E-state index contributed by atoms with van der Waals surface area (Å²) in [6, 6.07) is 3.62. The Morgan fingerprint density at radius 2 is 1.76 bits per heavy atom. The van der Waals surface area contributed by atoms with E-state index in [4.69, 9.17) is 13.3 Å². The van der Waals surface area contributed by atoms with E-state index in [0.717, 1.165) is 17.7 Å². The summed E-state index contributed by atoms with van der Waals surface area (Å²) in [5.74, 6) is 0.241. The molecule has 21 heavy (non-hydrogen) atoms. The molecule has 1 aliphatic rings. The largest absolute Gasteiger partial charge is 0.574 e. The lowest BCUT2D eigenvalue weighted by Crippen LogP contribution is -2.51. The third kappa shape index (κ3) is 2.95. The van der Waals surface area contributed by atoms with Crippen molar-refractivity contribution in [3.63, 3.8) is 0 Å². The first-order valence-electron chi connectivity index (χ1n) is 7.06. The first-order valence-corrected chi connectivity index (χ1v) is 8.86. The highest BCUT2D eigenvalue weighted by atomic mass is 28.4.